The lowest BCUT2D eigenvalue weighted by molar-refractivity contribution is 0.110. The molecule has 0 amide bonds. The van der Waals surface area contributed by atoms with Crippen molar-refractivity contribution in [1.29, 1.82) is 0 Å². The summed E-state index contributed by atoms with van der Waals surface area (Å²) in [4.78, 5) is 12.1. The van der Waals surface area contributed by atoms with Crippen LogP contribution in [0.4, 0.5) is 0 Å². The van der Waals surface area contributed by atoms with E-state index in [0.29, 0.717) is 24.5 Å². The molecule has 176 valence electrons. The van der Waals surface area contributed by atoms with Gasteiger partial charge in [0.25, 0.3) is 0 Å². The van der Waals surface area contributed by atoms with Crippen LogP contribution in [-0.2, 0) is 18.4 Å². The molecule has 0 spiro atoms. The second-order valence-electron chi connectivity index (χ2n) is 9.24. The molecule has 0 saturated heterocycles. The number of hydrogen-bond acceptors (Lipinski definition) is 5. The van der Waals surface area contributed by atoms with Crippen LogP contribution in [0.3, 0.4) is 0 Å². The van der Waals surface area contributed by atoms with Gasteiger partial charge >= 0.3 is 6.01 Å². The fourth-order valence-electron chi connectivity index (χ4n) is 5.50. The lowest BCUT2D eigenvalue weighted by Gasteiger charge is -2.44. The molecule has 0 atom stereocenters. The van der Waals surface area contributed by atoms with Crippen LogP contribution >= 0.6 is 36.4 Å². The number of benzene rings is 1. The Morgan fingerprint density at radius 3 is 2.53 bits per heavy atom. The van der Waals surface area contributed by atoms with Crippen LogP contribution in [0.2, 0.25) is 5.02 Å². The number of rotatable bonds is 5. The highest BCUT2D eigenvalue weighted by atomic mass is 35.5. The van der Waals surface area contributed by atoms with Crippen molar-refractivity contribution in [2.45, 2.75) is 68.9 Å². The monoisotopic (exact) mass is 498 g/mol. The Hall–Kier alpha value is -1.11. The molecule has 32 heavy (non-hydrogen) atoms. The number of nitrogens with zero attached hydrogens (tertiary/aromatic N) is 3. The van der Waals surface area contributed by atoms with Gasteiger partial charge in [0.15, 0.2) is 0 Å². The molecule has 2 heterocycles. The maximum Gasteiger partial charge on any atom is 0.316 e. The molecule has 0 bridgehead atoms. The van der Waals surface area contributed by atoms with Gasteiger partial charge in [-0.15, -0.1) is 24.8 Å². The van der Waals surface area contributed by atoms with Gasteiger partial charge in [0.1, 0.15) is 0 Å². The predicted octanol–water partition coefficient (Wildman–Crippen LogP) is 5.06. The Bertz CT molecular complexity index is 929. The first-order valence-electron chi connectivity index (χ1n) is 11.3. The molecular weight excluding hydrogens is 467 g/mol. The number of aromatic nitrogens is 2. The quantitative estimate of drug-likeness (QED) is 0.623. The van der Waals surface area contributed by atoms with Crippen LogP contribution in [0.15, 0.2) is 24.3 Å². The minimum atomic E-state index is 0. The Morgan fingerprint density at radius 2 is 1.91 bits per heavy atom. The lowest BCUT2D eigenvalue weighted by Crippen LogP contribution is -2.47. The normalized spacial score (nSPS) is 25.3. The summed E-state index contributed by atoms with van der Waals surface area (Å²) < 4.78 is 5.41. The van der Waals surface area contributed by atoms with Gasteiger partial charge in [0, 0.05) is 42.0 Å². The Morgan fingerprint density at radius 1 is 1.16 bits per heavy atom. The van der Waals surface area contributed by atoms with Gasteiger partial charge in [0.05, 0.1) is 18.5 Å². The highest BCUT2D eigenvalue weighted by Gasteiger charge is 2.39. The summed E-state index contributed by atoms with van der Waals surface area (Å²) in [7, 11) is 1.67. The first-order valence-corrected chi connectivity index (χ1v) is 11.6. The third-order valence-electron chi connectivity index (χ3n) is 7.51. The molecule has 1 aromatic carbocycles. The largest absolute Gasteiger partial charge is 0.467 e. The topological polar surface area (TPSA) is 64.3 Å². The van der Waals surface area contributed by atoms with Gasteiger partial charge in [-0.25, -0.2) is 0 Å². The van der Waals surface area contributed by atoms with Crippen molar-refractivity contribution in [3.05, 3.63) is 51.8 Å². The fraction of sp³-hybridized carbons (Fsp3) is 0.583. The molecule has 2 N–H and O–H groups in total. The number of nitrogens with two attached hydrogens (primary N) is 1. The zero-order chi connectivity index (χ0) is 20.7. The van der Waals surface area contributed by atoms with E-state index in [1.807, 2.05) is 12.1 Å². The van der Waals surface area contributed by atoms with Crippen LogP contribution in [0.1, 0.15) is 67.0 Å². The summed E-state index contributed by atoms with van der Waals surface area (Å²) in [5.41, 5.74) is 11.5. The first kappa shape index (κ1) is 25.5. The molecule has 2 aromatic rings. The second-order valence-corrected chi connectivity index (χ2v) is 9.68. The highest BCUT2D eigenvalue weighted by molar-refractivity contribution is 6.30. The minimum Gasteiger partial charge on any atom is -0.467 e. The van der Waals surface area contributed by atoms with Crippen molar-refractivity contribution >= 4 is 36.4 Å². The van der Waals surface area contributed by atoms with Crippen molar-refractivity contribution in [3.8, 4) is 6.01 Å². The fourth-order valence-corrected chi connectivity index (χ4v) is 5.69. The molecule has 5 rings (SSSR count). The lowest BCUT2D eigenvalue weighted by atomic mass is 9.68. The molecule has 2 saturated carbocycles. The van der Waals surface area contributed by atoms with Gasteiger partial charge < -0.3 is 10.5 Å². The van der Waals surface area contributed by atoms with Gasteiger partial charge in [-0.3, -0.25) is 4.90 Å². The number of hydrogen-bond donors (Lipinski definition) is 1. The molecule has 2 aliphatic carbocycles. The van der Waals surface area contributed by atoms with E-state index < -0.39 is 0 Å². The van der Waals surface area contributed by atoms with Crippen LogP contribution in [0.25, 0.3) is 0 Å². The second kappa shape index (κ2) is 10.4. The predicted molar refractivity (Wildman–Crippen MR) is 134 cm³/mol. The third kappa shape index (κ3) is 4.88. The maximum absolute atomic E-state index is 6.30. The van der Waals surface area contributed by atoms with Crippen molar-refractivity contribution in [2.24, 2.45) is 5.73 Å². The van der Waals surface area contributed by atoms with Crippen molar-refractivity contribution < 1.29 is 4.74 Å². The standard InChI is InChI=1S/C24H31ClN4O.2ClH/c1-30-23-27-21-14-29(12-9-20(21)22(28-23)16-5-6-16)19-7-10-24(15-26,11-8-19)17-3-2-4-18(25)13-17;;/h2-4,13,16,19H,5-12,14-15,26H2,1H3;2*1H. The van der Waals surface area contributed by atoms with E-state index in [4.69, 9.17) is 32.0 Å². The first-order chi connectivity index (χ1) is 14.6. The van der Waals surface area contributed by atoms with Gasteiger partial charge in [-0.05, 0) is 68.2 Å². The molecule has 8 heteroatoms. The van der Waals surface area contributed by atoms with Crippen LogP contribution < -0.4 is 10.5 Å². The van der Waals surface area contributed by atoms with Crippen LogP contribution in [0.5, 0.6) is 6.01 Å². The van der Waals surface area contributed by atoms with E-state index in [1.54, 1.807) is 7.11 Å². The highest BCUT2D eigenvalue weighted by Crippen LogP contribution is 2.44. The molecule has 1 aliphatic heterocycles. The minimum absolute atomic E-state index is 0. The molecule has 1 aromatic heterocycles. The summed E-state index contributed by atoms with van der Waals surface area (Å²) in [6.07, 6.45) is 8.11. The average Bonchev–Trinajstić information content (AvgIpc) is 3.63. The zero-order valence-electron chi connectivity index (χ0n) is 18.6. The maximum atomic E-state index is 6.30. The molecular formula is C24H33Cl3N4O. The molecule has 5 nitrogen and oxygen atoms in total. The summed E-state index contributed by atoms with van der Waals surface area (Å²) in [5.74, 6) is 0.625. The van der Waals surface area contributed by atoms with Crippen molar-refractivity contribution in [2.75, 3.05) is 20.2 Å². The van der Waals surface area contributed by atoms with E-state index in [9.17, 15) is 0 Å². The van der Waals surface area contributed by atoms with E-state index in [-0.39, 0.29) is 30.2 Å². The summed E-state index contributed by atoms with van der Waals surface area (Å²) in [5, 5.41) is 0.801. The Balaban J connectivity index is 0.00000144. The number of halogens is 3. The average molecular weight is 500 g/mol. The SMILES string of the molecule is COc1nc2c(c(C3CC3)n1)CCN(C1CCC(CN)(c3cccc(Cl)c3)CC1)C2.Cl.Cl. The van der Waals surface area contributed by atoms with Gasteiger partial charge in [-0.2, -0.15) is 9.97 Å². The Kier molecular flexibility index (Phi) is 8.32. The number of fused-ring (bicyclic) bond motifs is 1. The molecule has 2 fully saturated rings. The van der Waals surface area contributed by atoms with Gasteiger partial charge in [-0.1, -0.05) is 23.7 Å². The van der Waals surface area contributed by atoms with E-state index in [0.717, 1.165) is 50.2 Å². The summed E-state index contributed by atoms with van der Waals surface area (Å²) in [6, 6.07) is 9.41. The third-order valence-corrected chi connectivity index (χ3v) is 7.74. The summed E-state index contributed by atoms with van der Waals surface area (Å²) in [6.45, 7) is 2.68. The van der Waals surface area contributed by atoms with Crippen LogP contribution in [-0.4, -0.2) is 41.1 Å². The van der Waals surface area contributed by atoms with E-state index in [2.05, 4.69) is 17.0 Å². The molecule has 0 radical (unpaired) electrons. The zero-order valence-corrected chi connectivity index (χ0v) is 20.9. The van der Waals surface area contributed by atoms with E-state index >= 15 is 0 Å². The molecule has 0 unspecified atom stereocenters. The van der Waals surface area contributed by atoms with Gasteiger partial charge in [0.2, 0.25) is 0 Å². The van der Waals surface area contributed by atoms with Crippen LogP contribution in [0, 0.1) is 0 Å². The number of ether oxygens (including phenoxy) is 1. The molecule has 3 aliphatic rings. The van der Waals surface area contributed by atoms with Crippen molar-refractivity contribution in [1.82, 2.24) is 14.9 Å². The van der Waals surface area contributed by atoms with E-state index in [1.165, 1.54) is 35.4 Å². The number of methoxy groups -OCH3 is 1. The Labute approximate surface area is 208 Å². The summed E-state index contributed by atoms with van der Waals surface area (Å²) >= 11 is 6.27. The van der Waals surface area contributed by atoms with Crippen molar-refractivity contribution in [3.63, 3.8) is 0 Å². The smallest absolute Gasteiger partial charge is 0.316 e.